The summed E-state index contributed by atoms with van der Waals surface area (Å²) >= 11 is 1.94. The fraction of sp³-hybridized carbons (Fsp3) is 0.640. The predicted molar refractivity (Wildman–Crippen MR) is 242 cm³/mol. The predicted octanol–water partition coefficient (Wildman–Crippen LogP) is 16.0. The largest absolute Gasteiger partial charge is 0.340 e. The number of fused-ring (bicyclic) bond motifs is 3. The number of anilines is 2. The van der Waals surface area contributed by atoms with Gasteiger partial charge in [-0.25, -0.2) is 0 Å². The molecule has 3 aromatic carbocycles. The zero-order valence-corrected chi connectivity index (χ0v) is 37.4. The van der Waals surface area contributed by atoms with E-state index in [0.717, 1.165) is 24.1 Å². The fourth-order valence-electron chi connectivity index (χ4n) is 8.40. The second kappa shape index (κ2) is 20.6. The van der Waals surface area contributed by atoms with Crippen molar-refractivity contribution < 1.29 is 0 Å². The van der Waals surface area contributed by atoms with Crippen LogP contribution in [0.2, 0.25) is 0 Å². The molecule has 2 heterocycles. The maximum absolute atomic E-state index is 5.38. The van der Waals surface area contributed by atoms with Gasteiger partial charge in [0.25, 0.3) is 0 Å². The average Bonchev–Trinajstić information content (AvgIpc) is 3.57. The van der Waals surface area contributed by atoms with Gasteiger partial charge in [-0.2, -0.15) is 15.0 Å². The van der Waals surface area contributed by atoms with Gasteiger partial charge in [0.2, 0.25) is 0 Å². The Morgan fingerprint density at radius 1 is 0.564 bits per heavy atom. The first-order valence-corrected chi connectivity index (χ1v) is 23.4. The molecule has 1 aliphatic rings. The zero-order chi connectivity index (χ0) is 39.4. The first-order valence-electron chi connectivity index (χ1n) is 22.6. The summed E-state index contributed by atoms with van der Waals surface area (Å²) in [5.74, 6) is 0.627. The van der Waals surface area contributed by atoms with Gasteiger partial charge in [0.1, 0.15) is 11.0 Å². The number of hydrogen-bond donors (Lipinski definition) is 0. The van der Waals surface area contributed by atoms with Gasteiger partial charge in [0, 0.05) is 21.9 Å². The third kappa shape index (κ3) is 11.9. The number of unbranched alkanes of at least 4 members (excludes halogenated alkanes) is 13. The Bertz CT molecular complexity index is 1770. The van der Waals surface area contributed by atoms with E-state index in [1.54, 1.807) is 0 Å². The highest BCUT2D eigenvalue weighted by Gasteiger charge is 2.28. The van der Waals surface area contributed by atoms with E-state index < -0.39 is 0 Å². The molecule has 0 saturated carbocycles. The van der Waals surface area contributed by atoms with Crippen molar-refractivity contribution in [2.24, 2.45) is 5.92 Å². The third-order valence-corrected chi connectivity index (χ3v) is 13.0. The molecule has 4 nitrogen and oxygen atoms in total. The van der Waals surface area contributed by atoms with Crippen molar-refractivity contribution in [3.8, 4) is 11.1 Å². The minimum atomic E-state index is -0.0209. The Morgan fingerprint density at radius 2 is 1.11 bits per heavy atom. The van der Waals surface area contributed by atoms with E-state index in [4.69, 9.17) is 10.2 Å². The quantitative estimate of drug-likeness (QED) is 0.0747. The summed E-state index contributed by atoms with van der Waals surface area (Å²) in [5, 5.41) is 10.7. The highest BCUT2D eigenvalue weighted by Crippen LogP contribution is 2.51. The monoisotopic (exact) mass is 765 g/mol. The van der Waals surface area contributed by atoms with Crippen molar-refractivity contribution in [1.29, 1.82) is 0 Å². The first kappa shape index (κ1) is 43.3. The number of nitrogens with zero attached hydrogens (tertiary/aromatic N) is 4. The van der Waals surface area contributed by atoms with Crippen molar-refractivity contribution in [3.05, 3.63) is 59.7 Å². The SMILES string of the molecule is CCCCCCCCC(CCCCCC)Cn1nc2c(-c3ccc4c(c3)Sc3cc(C(C)(C)C)ccc3N4CCCCCCCC)ccc(C(C)(C)C)c2n1. The average molecular weight is 765 g/mol. The molecule has 302 valence electrons. The summed E-state index contributed by atoms with van der Waals surface area (Å²) < 4.78 is 0. The minimum Gasteiger partial charge on any atom is -0.340 e. The van der Waals surface area contributed by atoms with Crippen LogP contribution in [0, 0.1) is 5.92 Å². The molecular weight excluding hydrogens is 689 g/mol. The van der Waals surface area contributed by atoms with Gasteiger partial charge in [0.05, 0.1) is 17.9 Å². The van der Waals surface area contributed by atoms with Crippen LogP contribution in [0.5, 0.6) is 0 Å². The van der Waals surface area contributed by atoms with E-state index >= 15 is 0 Å². The Balaban J connectivity index is 1.47. The summed E-state index contributed by atoms with van der Waals surface area (Å²) in [6, 6.07) is 19.0. The van der Waals surface area contributed by atoms with Crippen LogP contribution in [-0.2, 0) is 17.4 Å². The van der Waals surface area contributed by atoms with Crippen molar-refractivity contribution in [2.45, 2.75) is 205 Å². The number of rotatable bonds is 22. The lowest BCUT2D eigenvalue weighted by Crippen LogP contribution is -2.22. The van der Waals surface area contributed by atoms with Crippen LogP contribution < -0.4 is 4.90 Å². The minimum absolute atomic E-state index is 0.0209. The van der Waals surface area contributed by atoms with Crippen LogP contribution in [0.1, 0.15) is 189 Å². The molecule has 0 aliphatic carbocycles. The molecule has 0 amide bonds. The highest BCUT2D eigenvalue weighted by atomic mass is 32.2. The highest BCUT2D eigenvalue weighted by molar-refractivity contribution is 7.99. The molecule has 1 atom stereocenters. The van der Waals surface area contributed by atoms with E-state index in [9.17, 15) is 0 Å². The Morgan fingerprint density at radius 3 is 1.73 bits per heavy atom. The summed E-state index contributed by atoms with van der Waals surface area (Å²) in [6.45, 7) is 22.8. The maximum atomic E-state index is 5.38. The van der Waals surface area contributed by atoms with Crippen LogP contribution in [0.25, 0.3) is 22.2 Å². The standard InChI is InChI=1S/C50H76N4S/c1-10-13-16-19-21-24-27-38(26-23-18-15-12-3)37-54-51-47-41(30-31-42(48(47)52-54)50(7,8)9)39-28-32-43-45(35-39)55-46-36-40(49(4,5)6)29-33-44(46)53(43)34-25-22-20-17-14-11-2/h28-33,35-36,38H,10-27,34,37H2,1-9H3. The Kier molecular flexibility index (Phi) is 16.2. The topological polar surface area (TPSA) is 34.0 Å². The second-order valence-electron chi connectivity index (χ2n) is 18.8. The first-order chi connectivity index (χ1) is 26.4. The van der Waals surface area contributed by atoms with Crippen LogP contribution in [-0.4, -0.2) is 21.5 Å². The Hall–Kier alpha value is -2.79. The van der Waals surface area contributed by atoms with Crippen molar-refractivity contribution in [2.75, 3.05) is 11.4 Å². The van der Waals surface area contributed by atoms with Gasteiger partial charge in [-0.05, 0) is 77.0 Å². The summed E-state index contributed by atoms with van der Waals surface area (Å²) in [6.07, 6.45) is 23.8. The Labute approximate surface area is 341 Å². The molecule has 0 spiro atoms. The van der Waals surface area contributed by atoms with Crippen LogP contribution in [0.4, 0.5) is 11.4 Å². The molecule has 0 saturated heterocycles. The van der Waals surface area contributed by atoms with E-state index in [1.807, 2.05) is 11.8 Å². The summed E-state index contributed by atoms with van der Waals surface area (Å²) in [4.78, 5) is 7.41. The van der Waals surface area contributed by atoms with Gasteiger partial charge in [-0.1, -0.05) is 195 Å². The van der Waals surface area contributed by atoms with E-state index in [1.165, 1.54) is 159 Å². The lowest BCUT2D eigenvalue weighted by molar-refractivity contribution is 0.327. The number of hydrogen-bond acceptors (Lipinski definition) is 4. The zero-order valence-electron chi connectivity index (χ0n) is 36.5. The van der Waals surface area contributed by atoms with E-state index in [2.05, 4.69) is 121 Å². The maximum Gasteiger partial charge on any atom is 0.121 e. The molecule has 1 aliphatic heterocycles. The molecule has 0 N–H and O–H groups in total. The molecule has 55 heavy (non-hydrogen) atoms. The van der Waals surface area contributed by atoms with Crippen LogP contribution in [0.15, 0.2) is 58.3 Å². The number of aromatic nitrogens is 3. The number of benzene rings is 3. The summed E-state index contributed by atoms with van der Waals surface area (Å²) in [5.41, 5.74) is 10.0. The normalized spacial score (nSPS) is 13.7. The van der Waals surface area contributed by atoms with E-state index in [0.29, 0.717) is 5.92 Å². The van der Waals surface area contributed by atoms with Gasteiger partial charge < -0.3 is 4.90 Å². The molecule has 4 aromatic rings. The summed E-state index contributed by atoms with van der Waals surface area (Å²) in [7, 11) is 0. The molecule has 0 bridgehead atoms. The van der Waals surface area contributed by atoms with Gasteiger partial charge in [-0.3, -0.25) is 0 Å². The lowest BCUT2D eigenvalue weighted by Gasteiger charge is -2.34. The smallest absolute Gasteiger partial charge is 0.121 e. The lowest BCUT2D eigenvalue weighted by atomic mass is 9.85. The molecular formula is C50H76N4S. The molecule has 5 heteroatoms. The molecule has 1 unspecified atom stereocenters. The molecule has 0 fully saturated rings. The third-order valence-electron chi connectivity index (χ3n) is 11.9. The van der Waals surface area contributed by atoms with Gasteiger partial charge in [0.15, 0.2) is 0 Å². The van der Waals surface area contributed by atoms with Crippen LogP contribution in [0.3, 0.4) is 0 Å². The fourth-order valence-corrected chi connectivity index (χ4v) is 9.57. The second-order valence-corrected chi connectivity index (χ2v) is 19.9. The van der Waals surface area contributed by atoms with Crippen molar-refractivity contribution in [1.82, 2.24) is 15.0 Å². The molecule has 5 rings (SSSR count). The van der Waals surface area contributed by atoms with Gasteiger partial charge in [-0.15, -0.1) is 0 Å². The van der Waals surface area contributed by atoms with Crippen molar-refractivity contribution >= 4 is 34.2 Å². The van der Waals surface area contributed by atoms with Crippen LogP contribution >= 0.6 is 11.8 Å². The van der Waals surface area contributed by atoms with Gasteiger partial charge >= 0.3 is 0 Å². The molecule has 1 aromatic heterocycles. The van der Waals surface area contributed by atoms with Crippen molar-refractivity contribution in [3.63, 3.8) is 0 Å². The van der Waals surface area contributed by atoms with E-state index in [-0.39, 0.29) is 10.8 Å². The molecule has 0 radical (unpaired) electrons.